The van der Waals surface area contributed by atoms with E-state index >= 15 is 0 Å². The topological polar surface area (TPSA) is 44.5 Å². The van der Waals surface area contributed by atoms with Gasteiger partial charge in [0.15, 0.2) is 5.11 Å². The highest BCUT2D eigenvalue weighted by atomic mass is 35.5. The number of halogens is 1. The third-order valence-electron chi connectivity index (χ3n) is 5.59. The zero-order valence-electron chi connectivity index (χ0n) is 18.0. The van der Waals surface area contributed by atoms with Crippen LogP contribution in [0.2, 0.25) is 5.02 Å². The number of nitrogens with one attached hydrogen (secondary N) is 1. The van der Waals surface area contributed by atoms with Crippen LogP contribution < -0.4 is 5.32 Å². The lowest BCUT2D eigenvalue weighted by Crippen LogP contribution is -2.32. The molecule has 3 aromatic rings. The molecular weight excluding hydrogens is 428 g/mol. The molecule has 4 rings (SSSR count). The van der Waals surface area contributed by atoms with Crippen LogP contribution in [-0.4, -0.2) is 47.1 Å². The van der Waals surface area contributed by atoms with E-state index in [1.54, 1.807) is 0 Å². The molecule has 1 fully saturated rings. The van der Waals surface area contributed by atoms with Crippen molar-refractivity contribution < 1.29 is 4.42 Å². The normalized spacial score (nSPS) is 18.6. The monoisotopic (exact) mass is 454 g/mol. The fraction of sp³-hybridized carbons (Fsp3) is 0.333. The third kappa shape index (κ3) is 4.76. The second kappa shape index (κ2) is 9.39. The minimum Gasteiger partial charge on any atom is -0.459 e. The van der Waals surface area contributed by atoms with E-state index in [0.717, 1.165) is 53.0 Å². The van der Waals surface area contributed by atoms with Crippen LogP contribution in [0.1, 0.15) is 35.5 Å². The van der Waals surface area contributed by atoms with Gasteiger partial charge in [-0.25, -0.2) is 0 Å². The van der Waals surface area contributed by atoms with E-state index in [4.69, 9.17) is 28.2 Å². The van der Waals surface area contributed by atoms with E-state index in [0.29, 0.717) is 5.02 Å². The van der Waals surface area contributed by atoms with Crippen molar-refractivity contribution in [2.45, 2.75) is 25.4 Å². The average Bonchev–Trinajstić information content (AvgIpc) is 3.35. The van der Waals surface area contributed by atoms with Crippen LogP contribution in [0.5, 0.6) is 0 Å². The first-order valence-corrected chi connectivity index (χ1v) is 11.2. The number of nitrogens with zero attached hydrogens (tertiary/aromatic N) is 3. The summed E-state index contributed by atoms with van der Waals surface area (Å²) in [4.78, 5) is 9.00. The van der Waals surface area contributed by atoms with Crippen LogP contribution >= 0.6 is 23.8 Å². The molecule has 5 nitrogen and oxygen atoms in total. The van der Waals surface area contributed by atoms with E-state index < -0.39 is 0 Å². The van der Waals surface area contributed by atoms with Gasteiger partial charge in [-0.2, -0.15) is 0 Å². The summed E-state index contributed by atoms with van der Waals surface area (Å²) < 4.78 is 6.41. The molecule has 2 atom stereocenters. The molecule has 162 valence electrons. The van der Waals surface area contributed by atoms with E-state index in [2.05, 4.69) is 41.1 Å². The summed E-state index contributed by atoms with van der Waals surface area (Å²) >= 11 is 12.0. The summed E-state index contributed by atoms with van der Waals surface area (Å²) in [5.41, 5.74) is 3.07. The van der Waals surface area contributed by atoms with Crippen molar-refractivity contribution in [3.05, 3.63) is 76.8 Å². The Bertz CT molecular complexity index is 1050. The van der Waals surface area contributed by atoms with Crippen LogP contribution in [0.4, 0.5) is 0 Å². The minimum atomic E-state index is -0.0764. The SMILES string of the molecule is Cc1ccc(Cl)cc1-c1ccc([C@@H]2[C@H](c3ccccn3)NC(=S)N2CCCN(C)C)o1. The maximum Gasteiger partial charge on any atom is 0.170 e. The van der Waals surface area contributed by atoms with Gasteiger partial charge < -0.3 is 19.5 Å². The van der Waals surface area contributed by atoms with Crippen molar-refractivity contribution in [1.29, 1.82) is 0 Å². The fourth-order valence-electron chi connectivity index (χ4n) is 4.03. The number of thiocarbonyl (C=S) groups is 1. The van der Waals surface area contributed by atoms with E-state index in [-0.39, 0.29) is 12.1 Å². The molecule has 0 spiro atoms. The molecule has 1 aromatic carbocycles. The van der Waals surface area contributed by atoms with Crippen LogP contribution in [0.25, 0.3) is 11.3 Å². The molecule has 0 saturated carbocycles. The molecule has 31 heavy (non-hydrogen) atoms. The molecule has 7 heteroatoms. The number of hydrogen-bond acceptors (Lipinski definition) is 4. The summed E-state index contributed by atoms with van der Waals surface area (Å²) in [5.74, 6) is 1.67. The quantitative estimate of drug-likeness (QED) is 0.493. The van der Waals surface area contributed by atoms with Crippen LogP contribution in [0, 0.1) is 6.92 Å². The minimum absolute atomic E-state index is 0.0715. The Kier molecular flexibility index (Phi) is 6.60. The average molecular weight is 455 g/mol. The van der Waals surface area contributed by atoms with E-state index in [9.17, 15) is 0 Å². The summed E-state index contributed by atoms with van der Waals surface area (Å²) in [5, 5.41) is 4.90. The zero-order chi connectivity index (χ0) is 22.0. The van der Waals surface area contributed by atoms with Gasteiger partial charge in [0.05, 0.1) is 11.7 Å². The molecule has 0 bridgehead atoms. The van der Waals surface area contributed by atoms with Crippen molar-refractivity contribution in [2.75, 3.05) is 27.2 Å². The van der Waals surface area contributed by atoms with Crippen molar-refractivity contribution >= 4 is 28.9 Å². The second-order valence-corrected chi connectivity index (χ2v) is 8.96. The summed E-state index contributed by atoms with van der Waals surface area (Å²) in [7, 11) is 4.17. The molecule has 2 aromatic heterocycles. The van der Waals surface area contributed by atoms with Gasteiger partial charge in [-0.05, 0) is 88.2 Å². The maximum atomic E-state index is 6.41. The Morgan fingerprint density at radius 2 is 2.03 bits per heavy atom. The molecule has 1 aliphatic heterocycles. The van der Waals surface area contributed by atoms with Gasteiger partial charge in [0, 0.05) is 23.3 Å². The van der Waals surface area contributed by atoms with E-state index in [1.165, 1.54) is 0 Å². The van der Waals surface area contributed by atoms with Crippen LogP contribution in [-0.2, 0) is 0 Å². The van der Waals surface area contributed by atoms with Gasteiger partial charge in [-0.15, -0.1) is 0 Å². The van der Waals surface area contributed by atoms with E-state index in [1.807, 2.05) is 54.7 Å². The first-order chi connectivity index (χ1) is 14.9. The Balaban J connectivity index is 1.69. The lowest BCUT2D eigenvalue weighted by atomic mass is 10.0. The number of rotatable bonds is 7. The number of aromatic nitrogens is 1. The molecule has 0 amide bonds. The van der Waals surface area contributed by atoms with Gasteiger partial charge >= 0.3 is 0 Å². The number of pyridine rings is 1. The predicted molar refractivity (Wildman–Crippen MR) is 129 cm³/mol. The zero-order valence-corrected chi connectivity index (χ0v) is 19.6. The molecule has 0 aliphatic carbocycles. The van der Waals surface area contributed by atoms with Gasteiger partial charge in [-0.1, -0.05) is 23.7 Å². The predicted octanol–water partition coefficient (Wildman–Crippen LogP) is 5.23. The fourth-order valence-corrected chi connectivity index (χ4v) is 4.53. The number of furan rings is 1. The van der Waals surface area contributed by atoms with Gasteiger partial charge in [0.25, 0.3) is 0 Å². The molecule has 0 radical (unpaired) electrons. The summed E-state index contributed by atoms with van der Waals surface area (Å²) in [6.45, 7) is 3.89. The standard InChI is InChI=1S/C24H27ClN4OS/c1-16-8-9-17(25)15-18(16)20-10-11-21(30-20)23-22(19-7-4-5-12-26-19)27-24(31)29(23)14-6-13-28(2)3/h4-5,7-12,15,22-23H,6,13-14H2,1-3H3,(H,27,31)/t22-,23+/m0/s1. The summed E-state index contributed by atoms with van der Waals surface area (Å²) in [6.07, 6.45) is 2.82. The van der Waals surface area contributed by atoms with Crippen LogP contribution in [0.15, 0.2) is 59.1 Å². The van der Waals surface area contributed by atoms with Crippen molar-refractivity contribution in [1.82, 2.24) is 20.1 Å². The Morgan fingerprint density at radius 1 is 1.19 bits per heavy atom. The molecule has 1 saturated heterocycles. The van der Waals surface area contributed by atoms with Gasteiger partial charge in [0.2, 0.25) is 0 Å². The maximum absolute atomic E-state index is 6.41. The number of aryl methyl sites for hydroxylation is 1. The highest BCUT2D eigenvalue weighted by Gasteiger charge is 2.41. The largest absolute Gasteiger partial charge is 0.459 e. The third-order valence-corrected chi connectivity index (χ3v) is 6.17. The molecule has 0 unspecified atom stereocenters. The lowest BCUT2D eigenvalue weighted by molar-refractivity contribution is 0.261. The van der Waals surface area contributed by atoms with Crippen LogP contribution in [0.3, 0.4) is 0 Å². The number of benzene rings is 1. The van der Waals surface area contributed by atoms with Gasteiger partial charge in [-0.3, -0.25) is 4.98 Å². The van der Waals surface area contributed by atoms with Crippen molar-refractivity contribution in [2.24, 2.45) is 0 Å². The Labute approximate surface area is 194 Å². The summed E-state index contributed by atoms with van der Waals surface area (Å²) in [6, 6.07) is 15.7. The highest BCUT2D eigenvalue weighted by Crippen LogP contribution is 2.41. The van der Waals surface area contributed by atoms with Crippen molar-refractivity contribution in [3.63, 3.8) is 0 Å². The first kappa shape index (κ1) is 21.8. The molecular formula is C24H27ClN4OS. The van der Waals surface area contributed by atoms with Crippen molar-refractivity contribution in [3.8, 4) is 11.3 Å². The smallest absolute Gasteiger partial charge is 0.170 e. The second-order valence-electron chi connectivity index (χ2n) is 8.14. The Hall–Kier alpha value is -2.41. The highest BCUT2D eigenvalue weighted by molar-refractivity contribution is 7.80. The first-order valence-electron chi connectivity index (χ1n) is 10.4. The Morgan fingerprint density at radius 3 is 2.77 bits per heavy atom. The molecule has 1 aliphatic rings. The molecule has 1 N–H and O–H groups in total. The number of hydrogen-bond donors (Lipinski definition) is 1. The lowest BCUT2D eigenvalue weighted by Gasteiger charge is -2.26. The molecule has 3 heterocycles. The van der Waals surface area contributed by atoms with Gasteiger partial charge in [0.1, 0.15) is 17.6 Å².